The van der Waals surface area contributed by atoms with E-state index in [9.17, 15) is 18.0 Å². The van der Waals surface area contributed by atoms with Crippen LogP contribution < -0.4 is 10.0 Å². The lowest BCUT2D eigenvalue weighted by molar-refractivity contribution is -0.127. The van der Waals surface area contributed by atoms with E-state index in [0.29, 0.717) is 24.3 Å². The largest absolute Gasteiger partial charge is 0.353 e. The minimum Gasteiger partial charge on any atom is -0.353 e. The third-order valence-electron chi connectivity index (χ3n) is 6.72. The molecule has 1 saturated carbocycles. The predicted molar refractivity (Wildman–Crippen MR) is 132 cm³/mol. The van der Waals surface area contributed by atoms with Gasteiger partial charge in [-0.15, -0.1) is 0 Å². The van der Waals surface area contributed by atoms with E-state index in [1.807, 2.05) is 0 Å². The number of carbonyl (C=O) groups is 2. The molecule has 4 rings (SSSR count). The molecule has 0 bridgehead atoms. The molecule has 2 fully saturated rings. The Labute approximate surface area is 202 Å². The van der Waals surface area contributed by atoms with Crippen molar-refractivity contribution in [1.82, 2.24) is 10.2 Å². The van der Waals surface area contributed by atoms with Crippen molar-refractivity contribution >= 4 is 27.5 Å². The van der Waals surface area contributed by atoms with Gasteiger partial charge in [0.25, 0.3) is 15.9 Å². The Balaban J connectivity index is 1.35. The van der Waals surface area contributed by atoms with E-state index < -0.39 is 10.0 Å². The van der Waals surface area contributed by atoms with Crippen LogP contribution in [0.25, 0.3) is 0 Å². The molecule has 2 aromatic rings. The zero-order valence-electron chi connectivity index (χ0n) is 19.4. The first-order valence-corrected chi connectivity index (χ1v) is 13.7. The second-order valence-corrected chi connectivity index (χ2v) is 11.0. The quantitative estimate of drug-likeness (QED) is 0.603. The van der Waals surface area contributed by atoms with Crippen LogP contribution in [-0.2, 0) is 14.8 Å². The molecule has 0 radical (unpaired) electrons. The highest BCUT2D eigenvalue weighted by molar-refractivity contribution is 7.92. The van der Waals surface area contributed by atoms with Crippen LogP contribution in [0.5, 0.6) is 0 Å². The summed E-state index contributed by atoms with van der Waals surface area (Å²) in [5.41, 5.74) is 0.868. The summed E-state index contributed by atoms with van der Waals surface area (Å²) < 4.78 is 27.6. The molecule has 2 N–H and O–H groups in total. The third-order valence-corrected chi connectivity index (χ3v) is 8.12. The number of nitrogens with one attached hydrogen (secondary N) is 2. The number of likely N-dealkylation sites (tertiary alicyclic amines) is 1. The van der Waals surface area contributed by atoms with Crippen molar-refractivity contribution in [1.29, 1.82) is 0 Å². The monoisotopic (exact) mass is 483 g/mol. The number of anilines is 1. The second-order valence-electron chi connectivity index (χ2n) is 9.28. The van der Waals surface area contributed by atoms with Crippen molar-refractivity contribution in [2.24, 2.45) is 5.92 Å². The van der Waals surface area contributed by atoms with Crippen LogP contribution >= 0.6 is 0 Å². The average Bonchev–Trinajstić information content (AvgIpc) is 3.13. The average molecular weight is 484 g/mol. The maximum Gasteiger partial charge on any atom is 0.261 e. The molecule has 2 aliphatic rings. The summed E-state index contributed by atoms with van der Waals surface area (Å²) in [5, 5.41) is 3.23. The summed E-state index contributed by atoms with van der Waals surface area (Å²) in [7, 11) is -3.69. The topological polar surface area (TPSA) is 95.6 Å². The van der Waals surface area contributed by atoms with E-state index in [0.717, 1.165) is 38.5 Å². The third kappa shape index (κ3) is 6.17. The van der Waals surface area contributed by atoms with Gasteiger partial charge in [-0.3, -0.25) is 14.3 Å². The molecule has 182 valence electrons. The molecule has 8 heteroatoms. The number of piperidine rings is 1. The summed E-state index contributed by atoms with van der Waals surface area (Å²) in [6.07, 6.45) is 8.49. The highest BCUT2D eigenvalue weighted by Crippen LogP contribution is 2.23. The van der Waals surface area contributed by atoms with Gasteiger partial charge < -0.3 is 10.2 Å². The lowest BCUT2D eigenvalue weighted by Gasteiger charge is -2.33. The maximum absolute atomic E-state index is 13.1. The van der Waals surface area contributed by atoms with Crippen molar-refractivity contribution < 1.29 is 18.0 Å². The lowest BCUT2D eigenvalue weighted by atomic mass is 9.95. The van der Waals surface area contributed by atoms with E-state index in [1.165, 1.54) is 25.0 Å². The van der Waals surface area contributed by atoms with Gasteiger partial charge in [-0.25, -0.2) is 8.42 Å². The van der Waals surface area contributed by atoms with Crippen molar-refractivity contribution in [2.45, 2.75) is 62.3 Å². The Morgan fingerprint density at radius 1 is 0.824 bits per heavy atom. The van der Waals surface area contributed by atoms with Gasteiger partial charge in [-0.1, -0.05) is 43.9 Å². The van der Waals surface area contributed by atoms with Crippen LogP contribution in [-0.4, -0.2) is 44.3 Å². The van der Waals surface area contributed by atoms with Gasteiger partial charge in [0, 0.05) is 30.4 Å². The summed E-state index contributed by atoms with van der Waals surface area (Å²) in [6.45, 7) is 1.04. The molecule has 1 saturated heterocycles. The zero-order chi connectivity index (χ0) is 24.0. The fourth-order valence-electron chi connectivity index (χ4n) is 4.80. The van der Waals surface area contributed by atoms with Crippen LogP contribution in [0, 0.1) is 5.92 Å². The summed E-state index contributed by atoms with van der Waals surface area (Å²) in [6, 6.07) is 14.8. The minimum absolute atomic E-state index is 0.0649. The number of rotatable bonds is 6. The minimum atomic E-state index is -3.69. The Bertz CT molecular complexity index is 1080. The lowest BCUT2D eigenvalue weighted by Crippen LogP contribution is -2.47. The molecular formula is C26H33N3O4S. The second kappa shape index (κ2) is 11.0. The fourth-order valence-corrected chi connectivity index (χ4v) is 5.88. The first kappa shape index (κ1) is 24.3. The normalized spacial score (nSPS) is 19.8. The molecule has 1 atom stereocenters. The van der Waals surface area contributed by atoms with E-state index in [-0.39, 0.29) is 28.7 Å². The zero-order valence-corrected chi connectivity index (χ0v) is 20.2. The first-order chi connectivity index (χ1) is 16.4. The Hall–Kier alpha value is -2.87. The Kier molecular flexibility index (Phi) is 7.88. The highest BCUT2D eigenvalue weighted by atomic mass is 32.2. The van der Waals surface area contributed by atoms with Gasteiger partial charge in [0.1, 0.15) is 0 Å². The SMILES string of the molecule is O=C(NC1CCCCCC1)C1CCCN(C(=O)c2ccc(NS(=O)(=O)c3ccccc3)cc2)C1. The van der Waals surface area contributed by atoms with Crippen molar-refractivity contribution in [3.8, 4) is 0 Å². The van der Waals surface area contributed by atoms with E-state index in [1.54, 1.807) is 47.4 Å². The van der Waals surface area contributed by atoms with E-state index in [4.69, 9.17) is 0 Å². The Morgan fingerprint density at radius 2 is 1.50 bits per heavy atom. The molecule has 0 spiro atoms. The molecule has 2 aromatic carbocycles. The molecule has 0 aromatic heterocycles. The first-order valence-electron chi connectivity index (χ1n) is 12.2. The van der Waals surface area contributed by atoms with Crippen LogP contribution in [0.2, 0.25) is 0 Å². The predicted octanol–water partition coefficient (Wildman–Crippen LogP) is 4.18. The highest BCUT2D eigenvalue weighted by Gasteiger charge is 2.30. The maximum atomic E-state index is 13.1. The summed E-state index contributed by atoms with van der Waals surface area (Å²) in [4.78, 5) is 27.9. The number of benzene rings is 2. The summed E-state index contributed by atoms with van der Waals surface area (Å²) >= 11 is 0. The number of sulfonamides is 1. The number of carbonyl (C=O) groups excluding carboxylic acids is 2. The van der Waals surface area contributed by atoms with Crippen molar-refractivity contribution in [2.75, 3.05) is 17.8 Å². The van der Waals surface area contributed by atoms with Gasteiger partial charge >= 0.3 is 0 Å². The number of amides is 2. The molecule has 1 aliphatic carbocycles. The molecule has 1 aliphatic heterocycles. The number of nitrogens with zero attached hydrogens (tertiary/aromatic N) is 1. The molecule has 7 nitrogen and oxygen atoms in total. The van der Waals surface area contributed by atoms with Crippen LogP contribution in [0.15, 0.2) is 59.5 Å². The van der Waals surface area contributed by atoms with Crippen molar-refractivity contribution in [3.63, 3.8) is 0 Å². The van der Waals surface area contributed by atoms with E-state index in [2.05, 4.69) is 10.0 Å². The molecule has 2 amide bonds. The smallest absolute Gasteiger partial charge is 0.261 e. The number of hydrogen-bond acceptors (Lipinski definition) is 4. The molecule has 1 unspecified atom stereocenters. The standard InChI is InChI=1S/C26H33N3O4S/c30-25(27-22-10-4-1-2-5-11-22)21-9-8-18-29(19-21)26(31)20-14-16-23(17-15-20)28-34(32,33)24-12-6-3-7-13-24/h3,6-7,12-17,21-22,28H,1-2,4-5,8-11,18-19H2,(H,27,30). The van der Waals surface area contributed by atoms with Gasteiger partial charge in [-0.05, 0) is 62.1 Å². The van der Waals surface area contributed by atoms with Gasteiger partial charge in [0.2, 0.25) is 5.91 Å². The van der Waals surface area contributed by atoms with E-state index >= 15 is 0 Å². The van der Waals surface area contributed by atoms with Crippen molar-refractivity contribution in [3.05, 3.63) is 60.2 Å². The summed E-state index contributed by atoms with van der Waals surface area (Å²) in [5.74, 6) is -0.252. The molecule has 1 heterocycles. The van der Waals surface area contributed by atoms with Crippen LogP contribution in [0.3, 0.4) is 0 Å². The van der Waals surface area contributed by atoms with Gasteiger partial charge in [-0.2, -0.15) is 0 Å². The molecular weight excluding hydrogens is 450 g/mol. The van der Waals surface area contributed by atoms with Gasteiger partial charge in [0.05, 0.1) is 10.8 Å². The number of hydrogen-bond donors (Lipinski definition) is 2. The fraction of sp³-hybridized carbons (Fsp3) is 0.462. The Morgan fingerprint density at radius 3 is 2.18 bits per heavy atom. The van der Waals surface area contributed by atoms with Crippen LogP contribution in [0.4, 0.5) is 5.69 Å². The van der Waals surface area contributed by atoms with Crippen LogP contribution in [0.1, 0.15) is 61.7 Å². The molecule has 34 heavy (non-hydrogen) atoms. The van der Waals surface area contributed by atoms with Gasteiger partial charge in [0.15, 0.2) is 0 Å².